The fourth-order valence-corrected chi connectivity index (χ4v) is 2.33. The lowest BCUT2D eigenvalue weighted by molar-refractivity contribution is 0.386. The highest BCUT2D eigenvalue weighted by Crippen LogP contribution is 2.19. The second-order valence-electron chi connectivity index (χ2n) is 5.89. The Morgan fingerprint density at radius 2 is 2.00 bits per heavy atom. The minimum absolute atomic E-state index is 0. The third-order valence-corrected chi connectivity index (χ3v) is 3.72. The molecule has 0 fully saturated rings. The predicted molar refractivity (Wildman–Crippen MR) is 113 cm³/mol. The molecule has 0 saturated carbocycles. The zero-order valence-electron chi connectivity index (χ0n) is 14.8. The summed E-state index contributed by atoms with van der Waals surface area (Å²) in [5, 5.41) is 3.10. The highest BCUT2D eigenvalue weighted by Gasteiger charge is 2.04. The third-order valence-electron chi connectivity index (χ3n) is 3.72. The van der Waals surface area contributed by atoms with Crippen LogP contribution in [0, 0.1) is 5.82 Å². The summed E-state index contributed by atoms with van der Waals surface area (Å²) in [6, 6.07) is 12.9. The number of nitrogens with two attached hydrogens (primary N) is 1. The number of ether oxygens (including phenoxy) is 1. The van der Waals surface area contributed by atoms with E-state index in [0.717, 1.165) is 11.3 Å². The van der Waals surface area contributed by atoms with Crippen LogP contribution in [-0.2, 0) is 6.42 Å². The Bertz CT molecular complexity index is 720. The van der Waals surface area contributed by atoms with Crippen LogP contribution in [0.25, 0.3) is 0 Å². The Morgan fingerprint density at radius 3 is 2.68 bits per heavy atom. The number of rotatable bonds is 6. The molecule has 0 spiro atoms. The van der Waals surface area contributed by atoms with Crippen molar-refractivity contribution in [2.75, 3.05) is 19.0 Å². The lowest BCUT2D eigenvalue weighted by Crippen LogP contribution is -2.23. The minimum Gasteiger partial charge on any atom is -0.494 e. The monoisotopic (exact) mass is 457 g/mol. The first kappa shape index (κ1) is 21.2. The van der Waals surface area contributed by atoms with E-state index in [1.165, 1.54) is 18.7 Å². The summed E-state index contributed by atoms with van der Waals surface area (Å²) in [4.78, 5) is 4.32. The van der Waals surface area contributed by atoms with Gasteiger partial charge < -0.3 is 15.8 Å². The maximum atomic E-state index is 13.4. The number of aliphatic imine (C=N–C) groups is 1. The molecule has 0 unspecified atom stereocenters. The van der Waals surface area contributed by atoms with Crippen molar-refractivity contribution >= 4 is 35.6 Å². The summed E-state index contributed by atoms with van der Waals surface area (Å²) in [6.45, 7) is 4.80. The SMILES string of the molecule is COc1cc(CCN=C(N)Nc2cccc(C(C)C)c2)ccc1F.I. The molecule has 0 atom stereocenters. The second-order valence-corrected chi connectivity index (χ2v) is 5.89. The molecule has 0 aliphatic heterocycles. The molecule has 2 aromatic rings. The molecular weight excluding hydrogens is 432 g/mol. The number of halogens is 2. The van der Waals surface area contributed by atoms with Crippen LogP contribution in [0.3, 0.4) is 0 Å². The largest absolute Gasteiger partial charge is 0.494 e. The van der Waals surface area contributed by atoms with Crippen LogP contribution < -0.4 is 15.8 Å². The van der Waals surface area contributed by atoms with Gasteiger partial charge in [-0.3, -0.25) is 4.99 Å². The third kappa shape index (κ3) is 6.53. The Morgan fingerprint density at radius 1 is 1.24 bits per heavy atom. The maximum Gasteiger partial charge on any atom is 0.193 e. The summed E-state index contributed by atoms with van der Waals surface area (Å²) in [7, 11) is 1.45. The lowest BCUT2D eigenvalue weighted by Gasteiger charge is -2.10. The van der Waals surface area contributed by atoms with E-state index in [1.807, 2.05) is 12.1 Å². The molecule has 0 bridgehead atoms. The Hall–Kier alpha value is -1.83. The first-order chi connectivity index (χ1) is 11.5. The number of methoxy groups -OCH3 is 1. The minimum atomic E-state index is -0.365. The topological polar surface area (TPSA) is 59.6 Å². The van der Waals surface area contributed by atoms with Gasteiger partial charge in [0.15, 0.2) is 17.5 Å². The highest BCUT2D eigenvalue weighted by atomic mass is 127. The normalized spacial score (nSPS) is 11.2. The van der Waals surface area contributed by atoms with Crippen LogP contribution in [0.4, 0.5) is 10.1 Å². The van der Waals surface area contributed by atoms with Gasteiger partial charge in [0, 0.05) is 12.2 Å². The van der Waals surface area contributed by atoms with Crippen molar-refractivity contribution in [3.05, 3.63) is 59.4 Å². The van der Waals surface area contributed by atoms with Gasteiger partial charge >= 0.3 is 0 Å². The summed E-state index contributed by atoms with van der Waals surface area (Å²) < 4.78 is 18.3. The van der Waals surface area contributed by atoms with E-state index in [9.17, 15) is 4.39 Å². The number of benzene rings is 2. The van der Waals surface area contributed by atoms with Crippen LogP contribution in [0.1, 0.15) is 30.9 Å². The van der Waals surface area contributed by atoms with Gasteiger partial charge in [-0.2, -0.15) is 0 Å². The number of anilines is 1. The number of guanidine groups is 1. The van der Waals surface area contributed by atoms with Gasteiger partial charge in [0.05, 0.1) is 7.11 Å². The van der Waals surface area contributed by atoms with E-state index >= 15 is 0 Å². The second kappa shape index (κ2) is 10.2. The van der Waals surface area contributed by atoms with Crippen molar-refractivity contribution in [1.82, 2.24) is 0 Å². The van der Waals surface area contributed by atoms with Crippen molar-refractivity contribution in [1.29, 1.82) is 0 Å². The van der Waals surface area contributed by atoms with Crippen molar-refractivity contribution in [2.45, 2.75) is 26.2 Å². The summed E-state index contributed by atoms with van der Waals surface area (Å²) in [6.07, 6.45) is 0.658. The summed E-state index contributed by atoms with van der Waals surface area (Å²) in [5.41, 5.74) is 9.04. The van der Waals surface area contributed by atoms with Crippen molar-refractivity contribution in [3.8, 4) is 5.75 Å². The van der Waals surface area contributed by atoms with Crippen LogP contribution in [0.2, 0.25) is 0 Å². The van der Waals surface area contributed by atoms with Gasteiger partial charge in [-0.05, 0) is 47.7 Å². The quantitative estimate of drug-likeness (QED) is 0.380. The van der Waals surface area contributed by atoms with E-state index in [4.69, 9.17) is 10.5 Å². The summed E-state index contributed by atoms with van der Waals surface area (Å²) >= 11 is 0. The van der Waals surface area contributed by atoms with Crippen LogP contribution in [-0.4, -0.2) is 19.6 Å². The number of hydrogen-bond acceptors (Lipinski definition) is 2. The Kier molecular flexibility index (Phi) is 8.68. The molecule has 0 aromatic heterocycles. The van der Waals surface area contributed by atoms with Crippen LogP contribution in [0.5, 0.6) is 5.75 Å². The predicted octanol–water partition coefficient (Wildman–Crippen LogP) is 4.55. The molecule has 0 heterocycles. The van der Waals surface area contributed by atoms with Gasteiger partial charge in [-0.1, -0.05) is 32.0 Å². The molecule has 136 valence electrons. The molecule has 0 saturated heterocycles. The van der Waals surface area contributed by atoms with E-state index in [2.05, 4.69) is 36.3 Å². The van der Waals surface area contributed by atoms with Crippen molar-refractivity contribution < 1.29 is 9.13 Å². The van der Waals surface area contributed by atoms with Crippen molar-refractivity contribution in [2.24, 2.45) is 10.7 Å². The zero-order valence-corrected chi connectivity index (χ0v) is 17.1. The van der Waals surface area contributed by atoms with Crippen LogP contribution >= 0.6 is 24.0 Å². The Balaban J connectivity index is 0.00000312. The van der Waals surface area contributed by atoms with Gasteiger partial charge in [0.2, 0.25) is 0 Å². The smallest absolute Gasteiger partial charge is 0.193 e. The van der Waals surface area contributed by atoms with Gasteiger partial charge in [-0.15, -0.1) is 24.0 Å². The molecule has 6 heteroatoms. The number of nitrogens with zero attached hydrogens (tertiary/aromatic N) is 1. The first-order valence-electron chi connectivity index (χ1n) is 7.99. The fourth-order valence-electron chi connectivity index (χ4n) is 2.33. The van der Waals surface area contributed by atoms with Gasteiger partial charge in [-0.25, -0.2) is 4.39 Å². The van der Waals surface area contributed by atoms with E-state index in [0.29, 0.717) is 24.8 Å². The highest BCUT2D eigenvalue weighted by molar-refractivity contribution is 14.0. The molecule has 25 heavy (non-hydrogen) atoms. The Labute approximate surface area is 165 Å². The number of nitrogens with one attached hydrogen (secondary N) is 1. The van der Waals surface area contributed by atoms with E-state index < -0.39 is 0 Å². The average molecular weight is 457 g/mol. The summed E-state index contributed by atoms with van der Waals surface area (Å²) in [5.74, 6) is 0.701. The van der Waals surface area contributed by atoms with Gasteiger partial charge in [0.25, 0.3) is 0 Å². The molecule has 0 aliphatic rings. The molecule has 0 amide bonds. The van der Waals surface area contributed by atoms with E-state index in [-0.39, 0.29) is 35.5 Å². The molecule has 2 rings (SSSR count). The van der Waals surface area contributed by atoms with Crippen LogP contribution in [0.15, 0.2) is 47.5 Å². The average Bonchev–Trinajstić information content (AvgIpc) is 2.56. The molecule has 0 aliphatic carbocycles. The van der Waals surface area contributed by atoms with E-state index in [1.54, 1.807) is 12.1 Å². The van der Waals surface area contributed by atoms with Crippen molar-refractivity contribution in [3.63, 3.8) is 0 Å². The molecule has 2 aromatic carbocycles. The lowest BCUT2D eigenvalue weighted by atomic mass is 10.0. The zero-order chi connectivity index (χ0) is 17.5. The fraction of sp³-hybridized carbons (Fsp3) is 0.316. The maximum absolute atomic E-state index is 13.4. The standard InChI is InChI=1S/C19H24FN3O.HI/c1-13(2)15-5-4-6-16(12-15)23-19(21)22-10-9-14-7-8-17(20)18(11-14)24-3;/h4-8,11-13H,9-10H2,1-3H3,(H3,21,22,23);1H. The van der Waals surface area contributed by atoms with Gasteiger partial charge in [0.1, 0.15) is 0 Å². The number of hydrogen-bond donors (Lipinski definition) is 2. The molecular formula is C19H25FIN3O. The molecule has 3 N–H and O–H groups in total. The molecule has 0 radical (unpaired) electrons. The first-order valence-corrected chi connectivity index (χ1v) is 7.99. The molecule has 4 nitrogen and oxygen atoms in total.